The van der Waals surface area contributed by atoms with E-state index in [0.29, 0.717) is 0 Å². The summed E-state index contributed by atoms with van der Waals surface area (Å²) < 4.78 is 5.17. The highest BCUT2D eigenvalue weighted by Gasteiger charge is 2.33. The third-order valence-electron chi connectivity index (χ3n) is 3.79. The number of methoxy groups -OCH3 is 1. The van der Waals surface area contributed by atoms with Crippen molar-refractivity contribution in [2.45, 2.75) is 38.0 Å². The summed E-state index contributed by atoms with van der Waals surface area (Å²) in [5.74, 6) is 0.862. The number of benzene rings is 1. The molecule has 0 radical (unpaired) electrons. The summed E-state index contributed by atoms with van der Waals surface area (Å²) in [6.07, 6.45) is 5.80. The predicted molar refractivity (Wildman–Crippen MR) is 83.1 cm³/mol. The number of amides is 1. The Hall–Kier alpha value is -1.77. The highest BCUT2D eigenvalue weighted by Crippen LogP contribution is 2.31. The molecule has 3 heteroatoms. The fourth-order valence-electron chi connectivity index (χ4n) is 2.39. The topological polar surface area (TPSA) is 38.3 Å². The van der Waals surface area contributed by atoms with Crippen LogP contribution in [0.1, 0.15) is 38.2 Å². The molecule has 1 aromatic carbocycles. The van der Waals surface area contributed by atoms with Crippen LogP contribution in [0.5, 0.6) is 5.75 Å². The second kappa shape index (κ2) is 7.73. The van der Waals surface area contributed by atoms with Crippen molar-refractivity contribution in [3.63, 3.8) is 0 Å². The first-order valence-electron chi connectivity index (χ1n) is 7.06. The lowest BCUT2D eigenvalue weighted by Gasteiger charge is -2.28. The fraction of sp³-hybridized carbons (Fsp3) is 0.471. The van der Waals surface area contributed by atoms with Gasteiger partial charge in [0.25, 0.3) is 0 Å². The van der Waals surface area contributed by atoms with Gasteiger partial charge in [-0.25, -0.2) is 0 Å². The van der Waals surface area contributed by atoms with Gasteiger partial charge in [-0.05, 0) is 43.9 Å². The Morgan fingerprint density at radius 2 is 2.00 bits per heavy atom. The quantitative estimate of drug-likeness (QED) is 0.583. The van der Waals surface area contributed by atoms with Gasteiger partial charge in [0.15, 0.2) is 0 Å². The van der Waals surface area contributed by atoms with E-state index in [2.05, 4.69) is 11.9 Å². The van der Waals surface area contributed by atoms with Gasteiger partial charge in [-0.3, -0.25) is 4.79 Å². The van der Waals surface area contributed by atoms with Gasteiger partial charge in [0.1, 0.15) is 5.75 Å². The minimum Gasteiger partial charge on any atom is -0.497 e. The van der Waals surface area contributed by atoms with E-state index in [4.69, 9.17) is 4.74 Å². The van der Waals surface area contributed by atoms with Crippen molar-refractivity contribution >= 4 is 5.91 Å². The molecule has 1 amide bonds. The molecule has 0 aliphatic rings. The van der Waals surface area contributed by atoms with Crippen molar-refractivity contribution in [2.24, 2.45) is 0 Å². The molecule has 1 rings (SSSR count). The summed E-state index contributed by atoms with van der Waals surface area (Å²) in [6, 6.07) is 7.75. The lowest BCUT2D eigenvalue weighted by Crippen LogP contribution is -2.40. The number of nitrogens with one attached hydrogen (secondary N) is 1. The number of carbonyl (C=O) groups excluding carboxylic acids is 1. The minimum absolute atomic E-state index is 0.0567. The van der Waals surface area contributed by atoms with Crippen LogP contribution in [0.3, 0.4) is 0 Å². The average Bonchev–Trinajstić information content (AvgIpc) is 2.50. The summed E-state index contributed by atoms with van der Waals surface area (Å²) >= 11 is 0. The molecule has 110 valence electrons. The summed E-state index contributed by atoms with van der Waals surface area (Å²) in [6.45, 7) is 5.73. The molecule has 0 aliphatic heterocycles. The lowest BCUT2D eigenvalue weighted by atomic mass is 9.77. The van der Waals surface area contributed by atoms with Gasteiger partial charge < -0.3 is 10.1 Å². The van der Waals surface area contributed by atoms with Crippen LogP contribution in [-0.2, 0) is 10.2 Å². The Kier molecular flexibility index (Phi) is 6.29. The molecule has 0 heterocycles. The van der Waals surface area contributed by atoms with Crippen molar-refractivity contribution < 1.29 is 9.53 Å². The van der Waals surface area contributed by atoms with E-state index in [0.717, 1.165) is 37.0 Å². The van der Waals surface area contributed by atoms with Crippen molar-refractivity contribution in [3.05, 3.63) is 42.5 Å². The van der Waals surface area contributed by atoms with Crippen LogP contribution < -0.4 is 10.1 Å². The Bertz CT molecular complexity index is 439. The van der Waals surface area contributed by atoms with Crippen LogP contribution in [0, 0.1) is 0 Å². The largest absolute Gasteiger partial charge is 0.497 e. The molecule has 0 aromatic heterocycles. The molecule has 1 unspecified atom stereocenters. The summed E-state index contributed by atoms with van der Waals surface area (Å²) in [5, 5.41) is 2.78. The molecule has 0 saturated carbocycles. The summed E-state index contributed by atoms with van der Waals surface area (Å²) in [5.41, 5.74) is 0.526. The van der Waals surface area contributed by atoms with Gasteiger partial charge in [-0.1, -0.05) is 24.6 Å². The molecule has 0 fully saturated rings. The Morgan fingerprint density at radius 1 is 1.35 bits per heavy atom. The molecular weight excluding hydrogens is 250 g/mol. The molecule has 3 nitrogen and oxygen atoms in total. The first kappa shape index (κ1) is 16.3. The zero-order valence-electron chi connectivity index (χ0n) is 12.7. The molecule has 0 saturated heterocycles. The second-order valence-electron chi connectivity index (χ2n) is 5.17. The Morgan fingerprint density at radius 3 is 2.50 bits per heavy atom. The van der Waals surface area contributed by atoms with Crippen molar-refractivity contribution in [2.75, 3.05) is 14.2 Å². The maximum Gasteiger partial charge on any atom is 0.230 e. The van der Waals surface area contributed by atoms with Gasteiger partial charge in [-0.15, -0.1) is 6.58 Å². The monoisotopic (exact) mass is 275 g/mol. The Labute approximate surface area is 122 Å². The first-order chi connectivity index (χ1) is 9.58. The van der Waals surface area contributed by atoms with Crippen LogP contribution in [-0.4, -0.2) is 20.1 Å². The maximum absolute atomic E-state index is 12.3. The fourth-order valence-corrected chi connectivity index (χ4v) is 2.39. The van der Waals surface area contributed by atoms with Crippen LogP contribution in [0.4, 0.5) is 0 Å². The van der Waals surface area contributed by atoms with Crippen molar-refractivity contribution in [1.29, 1.82) is 0 Å². The van der Waals surface area contributed by atoms with Crippen molar-refractivity contribution in [1.82, 2.24) is 5.32 Å². The third-order valence-corrected chi connectivity index (χ3v) is 3.79. The highest BCUT2D eigenvalue weighted by atomic mass is 16.5. The average molecular weight is 275 g/mol. The van der Waals surface area contributed by atoms with E-state index in [1.807, 2.05) is 37.3 Å². The normalized spacial score (nSPS) is 13.3. The van der Waals surface area contributed by atoms with E-state index < -0.39 is 5.41 Å². The highest BCUT2D eigenvalue weighted by molar-refractivity contribution is 5.87. The van der Waals surface area contributed by atoms with Crippen LogP contribution >= 0.6 is 0 Å². The van der Waals surface area contributed by atoms with Crippen LogP contribution in [0.25, 0.3) is 0 Å². The van der Waals surface area contributed by atoms with Gasteiger partial charge in [0.2, 0.25) is 5.91 Å². The Balaban J connectivity index is 2.90. The number of unbranched alkanes of at least 4 members (excludes halogenated alkanes) is 2. The number of hydrogen-bond acceptors (Lipinski definition) is 2. The van der Waals surface area contributed by atoms with Crippen LogP contribution in [0.2, 0.25) is 0 Å². The molecular formula is C17H25NO2. The standard InChI is InChI=1S/C17H25NO2/c1-5-6-7-8-13-17(2,16(19)18-3)14-9-11-15(20-4)12-10-14/h5,9-12H,1,6-8,13H2,2-4H3,(H,18,19). The number of rotatable bonds is 8. The van der Waals surface area contributed by atoms with E-state index >= 15 is 0 Å². The summed E-state index contributed by atoms with van der Waals surface area (Å²) in [4.78, 5) is 12.3. The smallest absolute Gasteiger partial charge is 0.230 e. The van der Waals surface area contributed by atoms with E-state index in [-0.39, 0.29) is 5.91 Å². The number of carbonyl (C=O) groups is 1. The van der Waals surface area contributed by atoms with E-state index in [1.54, 1.807) is 14.2 Å². The second-order valence-corrected chi connectivity index (χ2v) is 5.17. The van der Waals surface area contributed by atoms with E-state index in [1.165, 1.54) is 0 Å². The predicted octanol–water partition coefficient (Wildman–Crippen LogP) is 3.45. The number of ether oxygens (including phenoxy) is 1. The van der Waals surface area contributed by atoms with Gasteiger partial charge in [-0.2, -0.15) is 0 Å². The van der Waals surface area contributed by atoms with Gasteiger partial charge in [0, 0.05) is 7.05 Å². The molecule has 0 spiro atoms. The molecule has 0 bridgehead atoms. The molecule has 1 aromatic rings. The van der Waals surface area contributed by atoms with Gasteiger partial charge in [0.05, 0.1) is 12.5 Å². The number of allylic oxidation sites excluding steroid dienone is 1. The minimum atomic E-state index is -0.498. The molecule has 1 atom stereocenters. The number of hydrogen-bond donors (Lipinski definition) is 1. The molecule has 20 heavy (non-hydrogen) atoms. The SMILES string of the molecule is C=CCCCCC(C)(C(=O)NC)c1ccc(OC)cc1. The molecule has 1 N–H and O–H groups in total. The first-order valence-corrected chi connectivity index (χ1v) is 7.06. The zero-order chi connectivity index (χ0) is 15.0. The van der Waals surface area contributed by atoms with Gasteiger partial charge >= 0.3 is 0 Å². The third kappa shape index (κ3) is 3.86. The zero-order valence-corrected chi connectivity index (χ0v) is 12.7. The maximum atomic E-state index is 12.3. The summed E-state index contributed by atoms with van der Waals surface area (Å²) in [7, 11) is 3.33. The molecule has 0 aliphatic carbocycles. The van der Waals surface area contributed by atoms with Crippen LogP contribution in [0.15, 0.2) is 36.9 Å². The lowest BCUT2D eigenvalue weighted by molar-refractivity contribution is -0.126. The number of likely N-dealkylation sites (N-methyl/N-ethyl adjacent to an activating group) is 1. The van der Waals surface area contributed by atoms with Crippen molar-refractivity contribution in [3.8, 4) is 5.75 Å². The van der Waals surface area contributed by atoms with E-state index in [9.17, 15) is 4.79 Å².